The molecule has 2 aliphatic carbocycles. The van der Waals surface area contributed by atoms with Crippen molar-refractivity contribution in [1.29, 1.82) is 0 Å². The van der Waals surface area contributed by atoms with Crippen molar-refractivity contribution in [3.05, 3.63) is 0 Å². The second kappa shape index (κ2) is 1.46. The number of hydrogen-bond acceptors (Lipinski definition) is 0. The molecule has 0 aliphatic heterocycles. The lowest BCUT2D eigenvalue weighted by atomic mass is 10.0. The van der Waals surface area contributed by atoms with Crippen LogP contribution in [-0.2, 0) is 0 Å². The van der Waals surface area contributed by atoms with E-state index in [1.54, 1.807) is 0 Å². The van der Waals surface area contributed by atoms with Crippen molar-refractivity contribution in [3.8, 4) is 0 Å². The molecular formula is C7H11F. The Morgan fingerprint density at radius 1 is 1.00 bits per heavy atom. The van der Waals surface area contributed by atoms with Crippen LogP contribution in [0.4, 0.5) is 4.39 Å². The van der Waals surface area contributed by atoms with Crippen LogP contribution in [0.3, 0.4) is 0 Å². The van der Waals surface area contributed by atoms with Gasteiger partial charge in [-0.15, -0.1) is 0 Å². The summed E-state index contributed by atoms with van der Waals surface area (Å²) in [5.74, 6) is 1.01. The molecule has 1 heteroatoms. The number of hydrogen-bond donors (Lipinski definition) is 0. The second-order valence-electron chi connectivity index (χ2n) is 3.06. The third-order valence-corrected chi connectivity index (χ3v) is 2.55. The van der Waals surface area contributed by atoms with Crippen molar-refractivity contribution in [1.82, 2.24) is 0 Å². The van der Waals surface area contributed by atoms with Crippen LogP contribution in [0, 0.1) is 11.8 Å². The molecule has 1 unspecified atom stereocenters. The van der Waals surface area contributed by atoms with Gasteiger partial charge in [-0.1, -0.05) is 12.8 Å². The molecule has 0 saturated heterocycles. The largest absolute Gasteiger partial charge is 0.247 e. The van der Waals surface area contributed by atoms with Crippen molar-refractivity contribution < 1.29 is 4.39 Å². The topological polar surface area (TPSA) is 0 Å². The summed E-state index contributed by atoms with van der Waals surface area (Å²) in [6.07, 6.45) is 4.51. The molecule has 0 N–H and O–H groups in total. The quantitative estimate of drug-likeness (QED) is 0.452. The van der Waals surface area contributed by atoms with E-state index in [0.29, 0.717) is 11.8 Å². The van der Waals surface area contributed by atoms with Gasteiger partial charge in [-0.3, -0.25) is 0 Å². The minimum Gasteiger partial charge on any atom is -0.247 e. The Labute approximate surface area is 49.1 Å². The lowest BCUT2D eigenvalue weighted by Crippen LogP contribution is -1.91. The first-order valence-corrected chi connectivity index (χ1v) is 3.53. The molecule has 8 heavy (non-hydrogen) atoms. The highest BCUT2D eigenvalue weighted by Gasteiger charge is 2.51. The van der Waals surface area contributed by atoms with Crippen LogP contribution in [-0.4, -0.2) is 6.17 Å². The van der Waals surface area contributed by atoms with Gasteiger partial charge in [-0.2, -0.15) is 0 Å². The number of fused-ring (bicyclic) bond motifs is 1. The molecule has 0 amide bonds. The summed E-state index contributed by atoms with van der Waals surface area (Å²) in [4.78, 5) is 0. The summed E-state index contributed by atoms with van der Waals surface area (Å²) in [5, 5.41) is 0. The number of rotatable bonds is 0. The predicted molar refractivity (Wildman–Crippen MR) is 30.3 cm³/mol. The summed E-state index contributed by atoms with van der Waals surface area (Å²) >= 11 is 0. The van der Waals surface area contributed by atoms with Crippen LogP contribution in [0.15, 0.2) is 0 Å². The molecule has 46 valence electrons. The van der Waals surface area contributed by atoms with Crippen LogP contribution in [0.5, 0.6) is 0 Å². The molecule has 0 aromatic heterocycles. The maximum atomic E-state index is 12.5. The highest BCUT2D eigenvalue weighted by molar-refractivity contribution is 4.99. The summed E-state index contributed by atoms with van der Waals surface area (Å²) in [6, 6.07) is 0. The molecular weight excluding hydrogens is 103 g/mol. The van der Waals surface area contributed by atoms with Crippen LogP contribution in [0.1, 0.15) is 25.7 Å². The van der Waals surface area contributed by atoms with Crippen molar-refractivity contribution in [2.45, 2.75) is 31.9 Å². The van der Waals surface area contributed by atoms with Gasteiger partial charge in [0.1, 0.15) is 6.17 Å². The molecule has 2 aliphatic rings. The molecule has 0 aromatic rings. The number of halogens is 1. The first-order chi connectivity index (χ1) is 3.89. The number of alkyl halides is 1. The minimum absolute atomic E-state index is 0.391. The highest BCUT2D eigenvalue weighted by atomic mass is 19.1. The van der Waals surface area contributed by atoms with Crippen LogP contribution < -0.4 is 0 Å². The van der Waals surface area contributed by atoms with Gasteiger partial charge in [-0.05, 0) is 24.7 Å². The zero-order valence-electron chi connectivity index (χ0n) is 4.94. The monoisotopic (exact) mass is 114 g/mol. The third kappa shape index (κ3) is 0.503. The summed E-state index contributed by atoms with van der Waals surface area (Å²) in [6.45, 7) is 0. The maximum Gasteiger partial charge on any atom is 0.106 e. The van der Waals surface area contributed by atoms with Gasteiger partial charge in [-0.25, -0.2) is 4.39 Å². The van der Waals surface area contributed by atoms with Gasteiger partial charge in [0.25, 0.3) is 0 Å². The Morgan fingerprint density at radius 2 is 1.50 bits per heavy atom. The average molecular weight is 114 g/mol. The molecule has 2 fully saturated rings. The predicted octanol–water partition coefficient (Wildman–Crippen LogP) is 2.14. The molecule has 0 radical (unpaired) electrons. The molecule has 0 bridgehead atoms. The zero-order chi connectivity index (χ0) is 5.56. The van der Waals surface area contributed by atoms with E-state index >= 15 is 0 Å². The summed E-state index contributed by atoms with van der Waals surface area (Å²) in [5.41, 5.74) is 0. The lowest BCUT2D eigenvalue weighted by Gasteiger charge is -2.03. The SMILES string of the molecule is FC1[C@H]2CCCC[C@@H]12. The fraction of sp³-hybridized carbons (Fsp3) is 1.00. The fourth-order valence-electron chi connectivity index (χ4n) is 1.90. The Bertz CT molecular complexity index is 88.6. The highest BCUT2D eigenvalue weighted by Crippen LogP contribution is 2.51. The van der Waals surface area contributed by atoms with Crippen molar-refractivity contribution in [2.24, 2.45) is 11.8 Å². The molecule has 3 atom stereocenters. The average Bonchev–Trinajstić information content (AvgIpc) is 2.46. The van der Waals surface area contributed by atoms with E-state index in [4.69, 9.17) is 0 Å². The van der Waals surface area contributed by atoms with Gasteiger partial charge < -0.3 is 0 Å². The van der Waals surface area contributed by atoms with E-state index in [0.717, 1.165) is 0 Å². The van der Waals surface area contributed by atoms with E-state index in [9.17, 15) is 4.39 Å². The smallest absolute Gasteiger partial charge is 0.106 e. The van der Waals surface area contributed by atoms with Gasteiger partial charge in [0.05, 0.1) is 0 Å². The Morgan fingerprint density at radius 3 is 1.88 bits per heavy atom. The van der Waals surface area contributed by atoms with Crippen molar-refractivity contribution in [2.75, 3.05) is 0 Å². The second-order valence-corrected chi connectivity index (χ2v) is 3.06. The minimum atomic E-state index is -0.391. The molecule has 0 heterocycles. The molecule has 2 rings (SSSR count). The Hall–Kier alpha value is -0.0700. The molecule has 0 spiro atoms. The maximum absolute atomic E-state index is 12.5. The molecule has 0 nitrogen and oxygen atoms in total. The van der Waals surface area contributed by atoms with Crippen LogP contribution in [0.2, 0.25) is 0 Å². The zero-order valence-corrected chi connectivity index (χ0v) is 4.94. The fourth-order valence-corrected chi connectivity index (χ4v) is 1.90. The van der Waals surface area contributed by atoms with Gasteiger partial charge >= 0.3 is 0 Å². The molecule has 2 saturated carbocycles. The van der Waals surface area contributed by atoms with Crippen molar-refractivity contribution >= 4 is 0 Å². The normalized spacial score (nSPS) is 52.9. The van der Waals surface area contributed by atoms with Gasteiger partial charge in [0, 0.05) is 0 Å². The van der Waals surface area contributed by atoms with Crippen molar-refractivity contribution in [3.63, 3.8) is 0 Å². The first-order valence-electron chi connectivity index (χ1n) is 3.53. The summed E-state index contributed by atoms with van der Waals surface area (Å²) in [7, 11) is 0. The Kier molecular flexibility index (Phi) is 0.870. The van der Waals surface area contributed by atoms with E-state index in [1.807, 2.05) is 0 Å². The van der Waals surface area contributed by atoms with E-state index in [1.165, 1.54) is 25.7 Å². The molecule has 0 aromatic carbocycles. The lowest BCUT2D eigenvalue weighted by molar-refractivity contribution is 0.431. The van der Waals surface area contributed by atoms with Crippen LogP contribution >= 0.6 is 0 Å². The Balaban J connectivity index is 1.97. The van der Waals surface area contributed by atoms with E-state index in [2.05, 4.69) is 0 Å². The van der Waals surface area contributed by atoms with Gasteiger partial charge in [0.2, 0.25) is 0 Å². The third-order valence-electron chi connectivity index (χ3n) is 2.55. The first kappa shape index (κ1) is 4.78. The van der Waals surface area contributed by atoms with Crippen LogP contribution in [0.25, 0.3) is 0 Å². The summed E-state index contributed by atoms with van der Waals surface area (Å²) < 4.78 is 12.5. The standard InChI is InChI=1S/C7H11F/c8-7-5-3-1-2-4-6(5)7/h5-7H,1-4H2/t5-,6+,7?. The van der Waals surface area contributed by atoms with E-state index < -0.39 is 6.17 Å². The van der Waals surface area contributed by atoms with E-state index in [-0.39, 0.29) is 0 Å². The van der Waals surface area contributed by atoms with Gasteiger partial charge in [0.15, 0.2) is 0 Å².